The van der Waals surface area contributed by atoms with E-state index in [0.29, 0.717) is 29.2 Å². The monoisotopic (exact) mass is 367 g/mol. The molecule has 3 rings (SSSR count). The average molecular weight is 367 g/mol. The number of para-hydroxylation sites is 1. The molecule has 7 heteroatoms. The lowest BCUT2D eigenvalue weighted by molar-refractivity contribution is -0.115. The van der Waals surface area contributed by atoms with Crippen molar-refractivity contribution in [3.63, 3.8) is 0 Å². The van der Waals surface area contributed by atoms with E-state index < -0.39 is 5.97 Å². The molecular weight excluding hydrogens is 350 g/mol. The van der Waals surface area contributed by atoms with Crippen LogP contribution in [-0.4, -0.2) is 24.0 Å². The van der Waals surface area contributed by atoms with Gasteiger partial charge in [-0.15, -0.1) is 11.3 Å². The second kappa shape index (κ2) is 8.26. The number of anilines is 3. The fourth-order valence-corrected chi connectivity index (χ4v) is 3.04. The Balaban J connectivity index is 1.65. The number of hydrogen-bond acceptors (Lipinski definition) is 6. The number of nitrogens with one attached hydrogen (secondary N) is 2. The number of pyridine rings is 1. The minimum atomic E-state index is -0.418. The van der Waals surface area contributed by atoms with Crippen LogP contribution in [0.25, 0.3) is 0 Å². The van der Waals surface area contributed by atoms with E-state index in [-0.39, 0.29) is 5.91 Å². The zero-order valence-corrected chi connectivity index (χ0v) is 14.9. The van der Waals surface area contributed by atoms with Crippen molar-refractivity contribution < 1.29 is 14.3 Å². The second-order valence-corrected chi connectivity index (χ2v) is 6.43. The van der Waals surface area contributed by atoms with Gasteiger partial charge in [-0.3, -0.25) is 4.79 Å². The fraction of sp³-hybridized carbons (Fsp3) is 0.105. The van der Waals surface area contributed by atoms with Crippen LogP contribution in [0.2, 0.25) is 0 Å². The van der Waals surface area contributed by atoms with Crippen LogP contribution in [0.4, 0.5) is 17.2 Å². The predicted octanol–water partition coefficient (Wildman–Crippen LogP) is 3.85. The fourth-order valence-electron chi connectivity index (χ4n) is 2.34. The maximum atomic E-state index is 12.0. The quantitative estimate of drug-likeness (QED) is 0.647. The van der Waals surface area contributed by atoms with Crippen LogP contribution >= 0.6 is 11.3 Å². The van der Waals surface area contributed by atoms with Crippen LogP contribution in [0.1, 0.15) is 15.2 Å². The van der Waals surface area contributed by atoms with Crippen molar-refractivity contribution in [2.45, 2.75) is 6.42 Å². The molecule has 0 atom stereocenters. The van der Waals surface area contributed by atoms with Gasteiger partial charge in [0, 0.05) is 4.88 Å². The van der Waals surface area contributed by atoms with Gasteiger partial charge >= 0.3 is 5.97 Å². The molecule has 0 unspecified atom stereocenters. The number of benzene rings is 1. The molecule has 1 amide bonds. The third-order valence-electron chi connectivity index (χ3n) is 3.56. The van der Waals surface area contributed by atoms with Gasteiger partial charge in [0.05, 0.1) is 36.7 Å². The van der Waals surface area contributed by atoms with Gasteiger partial charge in [-0.1, -0.05) is 18.2 Å². The van der Waals surface area contributed by atoms with Crippen molar-refractivity contribution in [3.8, 4) is 0 Å². The number of carbonyl (C=O) groups is 2. The number of carbonyl (C=O) groups excluding carboxylic acids is 2. The third-order valence-corrected chi connectivity index (χ3v) is 4.43. The lowest BCUT2D eigenvalue weighted by Gasteiger charge is -2.11. The summed E-state index contributed by atoms with van der Waals surface area (Å²) in [7, 11) is 1.34. The zero-order valence-electron chi connectivity index (χ0n) is 14.1. The number of nitrogens with zero attached hydrogens (tertiary/aromatic N) is 1. The van der Waals surface area contributed by atoms with Crippen molar-refractivity contribution in [3.05, 3.63) is 70.5 Å². The molecule has 0 aliphatic rings. The summed E-state index contributed by atoms with van der Waals surface area (Å²) in [6.07, 6.45) is 1.92. The number of rotatable bonds is 6. The van der Waals surface area contributed by atoms with Gasteiger partial charge in [0.2, 0.25) is 5.91 Å². The smallest absolute Gasteiger partial charge is 0.339 e. The van der Waals surface area contributed by atoms with Gasteiger partial charge in [-0.2, -0.15) is 0 Å². The molecule has 0 aliphatic heterocycles. The number of ether oxygens (including phenoxy) is 1. The van der Waals surface area contributed by atoms with Crippen molar-refractivity contribution in [1.82, 2.24) is 4.98 Å². The molecule has 0 saturated carbocycles. The molecule has 3 aromatic rings. The summed E-state index contributed by atoms with van der Waals surface area (Å²) in [5, 5.41) is 7.83. The Kier molecular flexibility index (Phi) is 5.60. The Morgan fingerprint density at radius 1 is 1.12 bits per heavy atom. The molecule has 2 heterocycles. The van der Waals surface area contributed by atoms with Gasteiger partial charge in [0.1, 0.15) is 5.82 Å². The number of amides is 1. The van der Waals surface area contributed by atoms with E-state index in [1.54, 1.807) is 47.9 Å². The minimum Gasteiger partial charge on any atom is -0.465 e. The zero-order chi connectivity index (χ0) is 18.4. The first-order chi connectivity index (χ1) is 12.7. The van der Waals surface area contributed by atoms with Gasteiger partial charge in [0.15, 0.2) is 0 Å². The standard InChI is InChI=1S/C19H17N3O3S/c1-25-19(24)15-6-2-3-7-16(15)21-13-8-9-17(20-12-13)22-18(23)11-14-5-4-10-26-14/h2-10,12,21H,11H2,1H3,(H,20,22,23). The van der Waals surface area contributed by atoms with E-state index in [4.69, 9.17) is 4.74 Å². The first kappa shape index (κ1) is 17.6. The molecule has 26 heavy (non-hydrogen) atoms. The van der Waals surface area contributed by atoms with Crippen LogP contribution in [-0.2, 0) is 16.0 Å². The van der Waals surface area contributed by atoms with Crippen LogP contribution in [0.5, 0.6) is 0 Å². The molecule has 1 aromatic carbocycles. The molecule has 0 spiro atoms. The molecule has 0 aliphatic carbocycles. The molecule has 0 fully saturated rings. The van der Waals surface area contributed by atoms with Crippen molar-refractivity contribution >= 4 is 40.4 Å². The van der Waals surface area contributed by atoms with E-state index in [1.165, 1.54) is 7.11 Å². The number of methoxy groups -OCH3 is 1. The minimum absolute atomic E-state index is 0.114. The first-order valence-corrected chi connectivity index (χ1v) is 8.76. The topological polar surface area (TPSA) is 80.3 Å². The number of hydrogen-bond donors (Lipinski definition) is 2. The molecule has 2 N–H and O–H groups in total. The Morgan fingerprint density at radius 3 is 2.65 bits per heavy atom. The largest absolute Gasteiger partial charge is 0.465 e. The lowest BCUT2D eigenvalue weighted by Crippen LogP contribution is -2.14. The average Bonchev–Trinajstić information content (AvgIpc) is 3.16. The Morgan fingerprint density at radius 2 is 1.96 bits per heavy atom. The van der Waals surface area contributed by atoms with Crippen LogP contribution in [0.3, 0.4) is 0 Å². The lowest BCUT2D eigenvalue weighted by atomic mass is 10.1. The maximum absolute atomic E-state index is 12.0. The SMILES string of the molecule is COC(=O)c1ccccc1Nc1ccc(NC(=O)Cc2cccs2)nc1. The molecule has 0 saturated heterocycles. The molecule has 6 nitrogen and oxygen atoms in total. The van der Waals surface area contributed by atoms with Crippen LogP contribution in [0.15, 0.2) is 60.1 Å². The van der Waals surface area contributed by atoms with E-state index >= 15 is 0 Å². The van der Waals surface area contributed by atoms with Gasteiger partial charge in [0.25, 0.3) is 0 Å². The summed E-state index contributed by atoms with van der Waals surface area (Å²) >= 11 is 1.54. The normalized spacial score (nSPS) is 10.2. The van der Waals surface area contributed by atoms with E-state index in [0.717, 1.165) is 4.88 Å². The molecule has 132 valence electrons. The van der Waals surface area contributed by atoms with Gasteiger partial charge < -0.3 is 15.4 Å². The Labute approximate surface area is 154 Å². The van der Waals surface area contributed by atoms with Crippen molar-refractivity contribution in [2.24, 2.45) is 0 Å². The van der Waals surface area contributed by atoms with Gasteiger partial charge in [-0.25, -0.2) is 9.78 Å². The maximum Gasteiger partial charge on any atom is 0.339 e. The predicted molar refractivity (Wildman–Crippen MR) is 102 cm³/mol. The van der Waals surface area contributed by atoms with Crippen molar-refractivity contribution in [1.29, 1.82) is 0 Å². The van der Waals surface area contributed by atoms with E-state index in [9.17, 15) is 9.59 Å². The highest BCUT2D eigenvalue weighted by Crippen LogP contribution is 2.22. The Bertz CT molecular complexity index is 893. The summed E-state index contributed by atoms with van der Waals surface area (Å²) in [6, 6.07) is 14.4. The van der Waals surface area contributed by atoms with Crippen molar-refractivity contribution in [2.75, 3.05) is 17.7 Å². The van der Waals surface area contributed by atoms with E-state index in [2.05, 4.69) is 15.6 Å². The number of aromatic nitrogens is 1. The number of esters is 1. The summed E-state index contributed by atoms with van der Waals surface area (Å²) in [5.74, 6) is -0.0615. The van der Waals surface area contributed by atoms with Crippen LogP contribution in [0, 0.1) is 0 Å². The second-order valence-electron chi connectivity index (χ2n) is 5.40. The number of thiophene rings is 1. The van der Waals surface area contributed by atoms with Crippen LogP contribution < -0.4 is 10.6 Å². The molecular formula is C19H17N3O3S. The summed E-state index contributed by atoms with van der Waals surface area (Å²) in [5.41, 5.74) is 1.75. The highest BCUT2D eigenvalue weighted by molar-refractivity contribution is 7.10. The summed E-state index contributed by atoms with van der Waals surface area (Å²) in [6.45, 7) is 0. The molecule has 0 bridgehead atoms. The third kappa shape index (κ3) is 4.46. The Hall–Kier alpha value is -3.19. The first-order valence-electron chi connectivity index (χ1n) is 7.88. The van der Waals surface area contributed by atoms with Gasteiger partial charge in [-0.05, 0) is 35.7 Å². The molecule has 0 radical (unpaired) electrons. The highest BCUT2D eigenvalue weighted by Gasteiger charge is 2.11. The molecule has 2 aromatic heterocycles. The highest BCUT2D eigenvalue weighted by atomic mass is 32.1. The summed E-state index contributed by atoms with van der Waals surface area (Å²) in [4.78, 5) is 29.0. The van der Waals surface area contributed by atoms with E-state index in [1.807, 2.05) is 23.6 Å². The summed E-state index contributed by atoms with van der Waals surface area (Å²) < 4.78 is 4.78.